The van der Waals surface area contributed by atoms with Gasteiger partial charge in [0.15, 0.2) is 12.3 Å². The van der Waals surface area contributed by atoms with Crippen LogP contribution in [0.4, 0.5) is 9.70 Å². The number of nitrogens with zero attached hydrogens (tertiary/aromatic N) is 3. The smallest absolute Gasteiger partial charge is 0.170 e. The highest BCUT2D eigenvalue weighted by atomic mass is 32.2. The van der Waals surface area contributed by atoms with E-state index in [0.29, 0.717) is 11.9 Å². The lowest BCUT2D eigenvalue weighted by Crippen LogP contribution is -2.26. The normalized spacial score (nSPS) is 20.4. The Bertz CT molecular complexity index is 598. The van der Waals surface area contributed by atoms with Gasteiger partial charge in [-0.05, 0) is 32.4 Å². The molecule has 0 saturated carbocycles. The summed E-state index contributed by atoms with van der Waals surface area (Å²) in [5.41, 5.74) is 7.43. The first-order valence-electron chi connectivity index (χ1n) is 6.48. The highest BCUT2D eigenvalue weighted by Crippen LogP contribution is 2.29. The van der Waals surface area contributed by atoms with Gasteiger partial charge in [-0.25, -0.2) is 4.98 Å². The molecule has 0 aliphatic carbocycles. The van der Waals surface area contributed by atoms with Gasteiger partial charge in [-0.1, -0.05) is 0 Å². The number of rotatable bonds is 3. The average Bonchev–Trinajstić information content (AvgIpc) is 2.93. The molecule has 2 N–H and O–H groups in total. The summed E-state index contributed by atoms with van der Waals surface area (Å²) in [7, 11) is 0. The summed E-state index contributed by atoms with van der Waals surface area (Å²) < 4.78 is 14.9. The molecule has 2 aromatic rings. The molecule has 1 atom stereocenters. The third kappa shape index (κ3) is 2.30. The molecule has 1 saturated heterocycles. The van der Waals surface area contributed by atoms with E-state index < -0.39 is 0 Å². The molecule has 1 aliphatic heterocycles. The highest BCUT2D eigenvalue weighted by Gasteiger charge is 2.22. The molecule has 0 amide bonds. The van der Waals surface area contributed by atoms with E-state index in [1.54, 1.807) is 16.2 Å². The van der Waals surface area contributed by atoms with Crippen molar-refractivity contribution in [3.05, 3.63) is 24.0 Å². The first-order valence-corrected chi connectivity index (χ1v) is 7.15. The van der Waals surface area contributed by atoms with E-state index in [2.05, 4.69) is 16.8 Å². The van der Waals surface area contributed by atoms with Crippen molar-refractivity contribution >= 4 is 29.1 Å². The van der Waals surface area contributed by atoms with Crippen molar-refractivity contribution in [2.45, 2.75) is 32.4 Å². The Labute approximate surface area is 116 Å². The maximum atomic E-state index is 13.3. The average molecular weight is 280 g/mol. The minimum absolute atomic E-state index is 0.232. The number of aromatic nitrogens is 2. The number of fused-ring (bicyclic) bond motifs is 1. The maximum Gasteiger partial charge on any atom is 0.170 e. The van der Waals surface area contributed by atoms with Crippen molar-refractivity contribution in [2.75, 3.05) is 12.3 Å². The van der Waals surface area contributed by atoms with Crippen LogP contribution >= 0.6 is 12.3 Å². The largest absolute Gasteiger partial charge is 0.384 e. The van der Waals surface area contributed by atoms with Gasteiger partial charge >= 0.3 is 0 Å². The Hall–Kier alpha value is -1.27. The van der Waals surface area contributed by atoms with Crippen molar-refractivity contribution in [1.29, 1.82) is 0 Å². The molecule has 6 heteroatoms. The van der Waals surface area contributed by atoms with Crippen LogP contribution in [-0.2, 0) is 6.54 Å². The van der Waals surface area contributed by atoms with Crippen molar-refractivity contribution < 1.29 is 3.89 Å². The van der Waals surface area contributed by atoms with Gasteiger partial charge in [0, 0.05) is 35.9 Å². The van der Waals surface area contributed by atoms with E-state index in [1.165, 1.54) is 12.8 Å². The topological polar surface area (TPSA) is 47.1 Å². The monoisotopic (exact) mass is 280 g/mol. The van der Waals surface area contributed by atoms with Crippen LogP contribution in [0.25, 0.3) is 10.9 Å². The Morgan fingerprint density at radius 1 is 1.53 bits per heavy atom. The lowest BCUT2D eigenvalue weighted by atomic mass is 10.2. The molecule has 0 aromatic carbocycles. The first-order chi connectivity index (χ1) is 9.19. The molecular weight excluding hydrogens is 263 g/mol. The summed E-state index contributed by atoms with van der Waals surface area (Å²) >= 11 is 0.232. The Morgan fingerprint density at radius 2 is 2.37 bits per heavy atom. The van der Waals surface area contributed by atoms with Gasteiger partial charge < -0.3 is 5.73 Å². The zero-order valence-corrected chi connectivity index (χ0v) is 11.7. The SMILES string of the molecule is CC1CCCN1Cc1cc2cnc(N)cc2n1SF. The van der Waals surface area contributed by atoms with Crippen LogP contribution < -0.4 is 5.73 Å². The summed E-state index contributed by atoms with van der Waals surface area (Å²) in [6.07, 6.45) is 4.14. The second-order valence-electron chi connectivity index (χ2n) is 5.13. The lowest BCUT2D eigenvalue weighted by molar-refractivity contribution is 0.257. The molecular formula is C13H17FN4S. The van der Waals surface area contributed by atoms with Gasteiger partial charge in [-0.15, -0.1) is 3.89 Å². The molecule has 19 heavy (non-hydrogen) atoms. The third-order valence-corrected chi connectivity index (χ3v) is 4.43. The van der Waals surface area contributed by atoms with Crippen molar-refractivity contribution in [2.24, 2.45) is 0 Å². The molecule has 2 aromatic heterocycles. The van der Waals surface area contributed by atoms with Crippen LogP contribution in [0.2, 0.25) is 0 Å². The maximum absolute atomic E-state index is 13.3. The number of anilines is 1. The van der Waals surface area contributed by atoms with Gasteiger partial charge in [0.05, 0.1) is 5.52 Å². The number of likely N-dealkylation sites (tertiary alicyclic amines) is 1. The van der Waals surface area contributed by atoms with Gasteiger partial charge in [-0.2, -0.15) is 0 Å². The summed E-state index contributed by atoms with van der Waals surface area (Å²) in [6.45, 7) is 4.08. The second kappa shape index (κ2) is 5.02. The molecule has 1 aliphatic rings. The minimum atomic E-state index is 0.232. The first kappa shape index (κ1) is 12.7. The molecule has 0 spiro atoms. The zero-order valence-electron chi connectivity index (χ0n) is 10.8. The van der Waals surface area contributed by atoms with Crippen LogP contribution in [0.1, 0.15) is 25.5 Å². The quantitative estimate of drug-likeness (QED) is 0.939. The van der Waals surface area contributed by atoms with Crippen molar-refractivity contribution in [1.82, 2.24) is 13.9 Å². The van der Waals surface area contributed by atoms with E-state index in [4.69, 9.17) is 5.73 Å². The molecule has 0 bridgehead atoms. The Balaban J connectivity index is 1.98. The summed E-state index contributed by atoms with van der Waals surface area (Å²) in [5, 5.41) is 0.932. The number of nitrogen functional groups attached to an aromatic ring is 1. The Morgan fingerprint density at radius 3 is 3.05 bits per heavy atom. The van der Waals surface area contributed by atoms with Crippen LogP contribution in [0.5, 0.6) is 0 Å². The van der Waals surface area contributed by atoms with E-state index >= 15 is 0 Å². The minimum Gasteiger partial charge on any atom is -0.384 e. The fraction of sp³-hybridized carbons (Fsp3) is 0.462. The second-order valence-corrected chi connectivity index (χ2v) is 5.63. The fourth-order valence-electron chi connectivity index (χ4n) is 2.78. The van der Waals surface area contributed by atoms with Crippen LogP contribution in [-0.4, -0.2) is 26.4 Å². The fourth-order valence-corrected chi connectivity index (χ4v) is 3.21. The lowest BCUT2D eigenvalue weighted by Gasteiger charge is -2.20. The van der Waals surface area contributed by atoms with E-state index in [0.717, 1.165) is 29.7 Å². The van der Waals surface area contributed by atoms with E-state index in [9.17, 15) is 3.89 Å². The van der Waals surface area contributed by atoms with Crippen LogP contribution in [0.15, 0.2) is 18.3 Å². The predicted octanol–water partition coefficient (Wildman–Crippen LogP) is 2.98. The number of hydrogen-bond donors (Lipinski definition) is 1. The van der Waals surface area contributed by atoms with Gasteiger partial charge in [0.1, 0.15) is 5.82 Å². The molecule has 3 heterocycles. The third-order valence-electron chi connectivity index (χ3n) is 3.86. The van der Waals surface area contributed by atoms with Gasteiger partial charge in [0.25, 0.3) is 0 Å². The van der Waals surface area contributed by atoms with Gasteiger partial charge in [-0.3, -0.25) is 8.87 Å². The van der Waals surface area contributed by atoms with Crippen molar-refractivity contribution in [3.63, 3.8) is 0 Å². The molecule has 3 rings (SSSR count). The molecule has 1 unspecified atom stereocenters. The summed E-state index contributed by atoms with van der Waals surface area (Å²) in [6, 6.07) is 4.29. The summed E-state index contributed by atoms with van der Waals surface area (Å²) in [5.74, 6) is 0.419. The van der Waals surface area contributed by atoms with E-state index in [1.807, 2.05) is 6.07 Å². The van der Waals surface area contributed by atoms with Crippen LogP contribution in [0, 0.1) is 0 Å². The molecule has 1 fully saturated rings. The van der Waals surface area contributed by atoms with Gasteiger partial charge in [0.2, 0.25) is 0 Å². The highest BCUT2D eigenvalue weighted by molar-refractivity contribution is 7.93. The standard InChI is InChI=1S/C13H17FN4S/c1-9-3-2-4-17(9)8-11-5-10-7-16-13(15)6-12(10)18(11)19-14/h5-7,9H,2-4,8H2,1H3,(H2,15,16). The van der Waals surface area contributed by atoms with Crippen molar-refractivity contribution in [3.8, 4) is 0 Å². The zero-order chi connectivity index (χ0) is 13.4. The number of nitrogens with two attached hydrogens (primary N) is 1. The Kier molecular flexibility index (Phi) is 3.36. The predicted molar refractivity (Wildman–Crippen MR) is 77.3 cm³/mol. The van der Waals surface area contributed by atoms with E-state index in [-0.39, 0.29) is 12.3 Å². The number of hydrogen-bond acceptors (Lipinski definition) is 4. The number of halogens is 1. The molecule has 0 radical (unpaired) electrons. The summed E-state index contributed by atoms with van der Waals surface area (Å²) in [4.78, 5) is 6.45. The van der Waals surface area contributed by atoms with Crippen LogP contribution in [0.3, 0.4) is 0 Å². The molecule has 102 valence electrons. The number of pyridine rings is 1. The molecule has 4 nitrogen and oxygen atoms in total.